The Morgan fingerprint density at radius 3 is 2.24 bits per heavy atom. The highest BCUT2D eigenvalue weighted by Crippen LogP contribution is 2.21. The zero-order valence-corrected chi connectivity index (χ0v) is 10.1. The normalized spacial score (nSPS) is 10.0. The maximum absolute atomic E-state index is 12.1. The predicted octanol–water partition coefficient (Wildman–Crippen LogP) is 2.14. The third kappa shape index (κ3) is 3.52. The first-order valence-electron chi connectivity index (χ1n) is 5.40. The van der Waals surface area contributed by atoms with Gasteiger partial charge in [-0.1, -0.05) is 12.2 Å². The molecule has 1 aromatic rings. The monoisotopic (exact) mass is 235 g/mol. The van der Waals surface area contributed by atoms with Crippen molar-refractivity contribution >= 4 is 5.91 Å². The summed E-state index contributed by atoms with van der Waals surface area (Å²) in [6.07, 6.45) is 0. The number of hydrogen-bond donors (Lipinski definition) is 2. The molecule has 4 heteroatoms. The van der Waals surface area contributed by atoms with E-state index in [2.05, 4.69) is 6.58 Å². The van der Waals surface area contributed by atoms with E-state index in [0.717, 1.165) is 5.57 Å². The highest BCUT2D eigenvalue weighted by atomic mass is 16.3. The number of carbonyl (C=O) groups excluding carboxylic acids is 1. The van der Waals surface area contributed by atoms with Crippen LogP contribution in [0.2, 0.25) is 0 Å². The molecule has 0 fully saturated rings. The second-order valence-corrected chi connectivity index (χ2v) is 4.01. The number of phenolic OH excluding ortho intramolecular Hbond substituents is 2. The van der Waals surface area contributed by atoms with E-state index in [4.69, 9.17) is 0 Å². The van der Waals surface area contributed by atoms with Gasteiger partial charge in [0.05, 0.1) is 0 Å². The Balaban J connectivity index is 2.97. The SMILES string of the molecule is C=C(C)CN(CC)C(=O)c1cc(O)cc(O)c1. The number of nitrogens with zero attached hydrogens (tertiary/aromatic N) is 1. The minimum absolute atomic E-state index is 0.125. The van der Waals surface area contributed by atoms with Crippen molar-refractivity contribution in [3.63, 3.8) is 0 Å². The molecule has 0 atom stereocenters. The molecule has 4 nitrogen and oxygen atoms in total. The summed E-state index contributed by atoms with van der Waals surface area (Å²) in [5.41, 5.74) is 1.15. The smallest absolute Gasteiger partial charge is 0.254 e. The minimum atomic E-state index is -0.235. The van der Waals surface area contributed by atoms with Gasteiger partial charge in [-0.05, 0) is 26.0 Å². The van der Waals surface area contributed by atoms with Crippen LogP contribution in [0.4, 0.5) is 0 Å². The van der Waals surface area contributed by atoms with E-state index < -0.39 is 0 Å². The highest BCUT2D eigenvalue weighted by molar-refractivity contribution is 5.95. The first-order valence-corrected chi connectivity index (χ1v) is 5.40. The zero-order valence-electron chi connectivity index (χ0n) is 10.1. The average Bonchev–Trinajstić information content (AvgIpc) is 2.23. The third-order valence-electron chi connectivity index (χ3n) is 2.28. The van der Waals surface area contributed by atoms with Gasteiger partial charge in [-0.3, -0.25) is 4.79 Å². The van der Waals surface area contributed by atoms with E-state index in [1.54, 1.807) is 4.90 Å². The Morgan fingerprint density at radius 2 is 1.82 bits per heavy atom. The zero-order chi connectivity index (χ0) is 13.0. The number of benzene rings is 1. The lowest BCUT2D eigenvalue weighted by Gasteiger charge is -2.21. The number of phenols is 2. The van der Waals surface area contributed by atoms with Crippen molar-refractivity contribution in [1.82, 2.24) is 4.90 Å². The van der Waals surface area contributed by atoms with Crippen molar-refractivity contribution in [3.05, 3.63) is 35.9 Å². The molecule has 0 saturated heterocycles. The van der Waals surface area contributed by atoms with E-state index in [-0.39, 0.29) is 23.0 Å². The summed E-state index contributed by atoms with van der Waals surface area (Å²) in [5.74, 6) is -0.485. The maximum Gasteiger partial charge on any atom is 0.254 e. The minimum Gasteiger partial charge on any atom is -0.508 e. The van der Waals surface area contributed by atoms with Gasteiger partial charge in [-0.15, -0.1) is 0 Å². The Hall–Kier alpha value is -1.97. The third-order valence-corrected chi connectivity index (χ3v) is 2.28. The van der Waals surface area contributed by atoms with Crippen LogP contribution in [-0.4, -0.2) is 34.1 Å². The van der Waals surface area contributed by atoms with Crippen LogP contribution >= 0.6 is 0 Å². The molecule has 0 spiro atoms. The molecule has 0 radical (unpaired) electrons. The maximum atomic E-state index is 12.1. The summed E-state index contributed by atoms with van der Waals surface area (Å²) in [5, 5.41) is 18.7. The molecular weight excluding hydrogens is 218 g/mol. The standard InChI is InChI=1S/C13H17NO3/c1-4-14(8-9(2)3)13(17)10-5-11(15)7-12(16)6-10/h5-7,15-16H,2,4,8H2,1,3H3. The molecule has 2 N–H and O–H groups in total. The molecule has 1 aromatic carbocycles. The first-order chi connectivity index (χ1) is 7.93. The number of likely N-dealkylation sites (N-methyl/N-ethyl adjacent to an activating group) is 1. The van der Waals surface area contributed by atoms with Crippen molar-refractivity contribution in [1.29, 1.82) is 0 Å². The molecule has 92 valence electrons. The molecule has 1 rings (SSSR count). The summed E-state index contributed by atoms with van der Waals surface area (Å²) in [6, 6.07) is 3.86. The summed E-state index contributed by atoms with van der Waals surface area (Å²) < 4.78 is 0. The largest absolute Gasteiger partial charge is 0.508 e. The fourth-order valence-corrected chi connectivity index (χ4v) is 1.55. The van der Waals surface area contributed by atoms with Crippen LogP contribution < -0.4 is 0 Å². The van der Waals surface area contributed by atoms with Crippen LogP contribution in [0.3, 0.4) is 0 Å². The molecule has 0 aliphatic heterocycles. The van der Waals surface area contributed by atoms with Crippen LogP contribution in [-0.2, 0) is 0 Å². The quantitative estimate of drug-likeness (QED) is 0.786. The number of aromatic hydroxyl groups is 2. The van der Waals surface area contributed by atoms with Gasteiger partial charge in [0.15, 0.2) is 0 Å². The molecule has 1 amide bonds. The van der Waals surface area contributed by atoms with Gasteiger partial charge >= 0.3 is 0 Å². The second kappa shape index (κ2) is 5.39. The molecule has 0 bridgehead atoms. The molecule has 0 aromatic heterocycles. The van der Waals surface area contributed by atoms with Crippen LogP contribution in [0, 0.1) is 0 Å². The fraction of sp³-hybridized carbons (Fsp3) is 0.308. The lowest BCUT2D eigenvalue weighted by molar-refractivity contribution is 0.0777. The lowest BCUT2D eigenvalue weighted by atomic mass is 10.1. The Labute approximate surface area is 101 Å². The van der Waals surface area contributed by atoms with E-state index in [1.165, 1.54) is 18.2 Å². The van der Waals surface area contributed by atoms with E-state index in [9.17, 15) is 15.0 Å². The van der Waals surface area contributed by atoms with Crippen molar-refractivity contribution < 1.29 is 15.0 Å². The van der Waals surface area contributed by atoms with Gasteiger partial charge < -0.3 is 15.1 Å². The van der Waals surface area contributed by atoms with Crippen molar-refractivity contribution in [2.24, 2.45) is 0 Å². The number of amides is 1. The summed E-state index contributed by atoms with van der Waals surface area (Å²) in [4.78, 5) is 13.7. The molecular formula is C13H17NO3. The summed E-state index contributed by atoms with van der Waals surface area (Å²) in [6.45, 7) is 8.48. The van der Waals surface area contributed by atoms with Gasteiger partial charge in [0.25, 0.3) is 5.91 Å². The number of carbonyl (C=O) groups is 1. The van der Waals surface area contributed by atoms with Crippen molar-refractivity contribution in [3.8, 4) is 11.5 Å². The van der Waals surface area contributed by atoms with Crippen molar-refractivity contribution in [2.75, 3.05) is 13.1 Å². The molecule has 0 saturated carbocycles. The average molecular weight is 235 g/mol. The van der Waals surface area contributed by atoms with E-state index in [0.29, 0.717) is 13.1 Å². The van der Waals surface area contributed by atoms with Gasteiger partial charge in [-0.2, -0.15) is 0 Å². The van der Waals surface area contributed by atoms with Gasteiger partial charge in [0.2, 0.25) is 0 Å². The van der Waals surface area contributed by atoms with Crippen LogP contribution in [0.5, 0.6) is 11.5 Å². The first kappa shape index (κ1) is 13.1. The second-order valence-electron chi connectivity index (χ2n) is 4.01. The fourth-order valence-electron chi connectivity index (χ4n) is 1.55. The van der Waals surface area contributed by atoms with E-state index in [1.807, 2.05) is 13.8 Å². The highest BCUT2D eigenvalue weighted by Gasteiger charge is 2.15. The summed E-state index contributed by atoms with van der Waals surface area (Å²) in [7, 11) is 0. The molecule has 0 unspecified atom stereocenters. The van der Waals surface area contributed by atoms with E-state index >= 15 is 0 Å². The topological polar surface area (TPSA) is 60.8 Å². The van der Waals surface area contributed by atoms with Gasteiger partial charge in [0.1, 0.15) is 11.5 Å². The Morgan fingerprint density at radius 1 is 1.29 bits per heavy atom. The Kier molecular flexibility index (Phi) is 4.15. The predicted molar refractivity (Wildman–Crippen MR) is 66.2 cm³/mol. The molecule has 0 heterocycles. The summed E-state index contributed by atoms with van der Waals surface area (Å²) >= 11 is 0. The van der Waals surface area contributed by atoms with Gasteiger partial charge in [-0.25, -0.2) is 0 Å². The molecule has 0 aliphatic rings. The molecule has 17 heavy (non-hydrogen) atoms. The van der Waals surface area contributed by atoms with Crippen LogP contribution in [0.1, 0.15) is 24.2 Å². The van der Waals surface area contributed by atoms with Crippen LogP contribution in [0.25, 0.3) is 0 Å². The van der Waals surface area contributed by atoms with Crippen LogP contribution in [0.15, 0.2) is 30.4 Å². The number of rotatable bonds is 4. The Bertz CT molecular complexity index is 420. The number of hydrogen-bond acceptors (Lipinski definition) is 3. The molecule has 0 aliphatic carbocycles. The van der Waals surface area contributed by atoms with Gasteiger partial charge in [0, 0.05) is 24.7 Å². The lowest BCUT2D eigenvalue weighted by Crippen LogP contribution is -2.32. The van der Waals surface area contributed by atoms with Crippen molar-refractivity contribution in [2.45, 2.75) is 13.8 Å².